The Morgan fingerprint density at radius 3 is 2.79 bits per heavy atom. The van der Waals surface area contributed by atoms with Crippen LogP contribution in [0.25, 0.3) is 0 Å². The van der Waals surface area contributed by atoms with Crippen molar-refractivity contribution in [3.8, 4) is 0 Å². The maximum absolute atomic E-state index is 11.0. The average molecular weight is 221 g/mol. The second-order valence-electron chi connectivity index (χ2n) is 4.13. The predicted octanol–water partition coefficient (Wildman–Crippen LogP) is 0.0456. The molecule has 1 aliphatic rings. The second kappa shape index (κ2) is 5.09. The van der Waals surface area contributed by atoms with Crippen molar-refractivity contribution in [3.05, 3.63) is 0 Å². The molecule has 0 aromatic heterocycles. The number of hydrogen-bond donors (Lipinski definition) is 1. The Morgan fingerprint density at radius 1 is 1.57 bits per heavy atom. The Hall–Kier alpha value is -0.130. The Labute approximate surface area is 85.9 Å². The summed E-state index contributed by atoms with van der Waals surface area (Å²) < 4.78 is 27.2. The molecule has 84 valence electrons. The minimum Gasteiger partial charge on any atom is -0.381 e. The van der Waals surface area contributed by atoms with Gasteiger partial charge >= 0.3 is 0 Å². The highest BCUT2D eigenvalue weighted by molar-refractivity contribution is 7.90. The van der Waals surface area contributed by atoms with Crippen molar-refractivity contribution < 1.29 is 13.2 Å². The SMILES string of the molecule is CC(CS(C)(=O)=O)NCC1CCOC1. The van der Waals surface area contributed by atoms with Crippen LogP contribution in [0.2, 0.25) is 0 Å². The Balaban J connectivity index is 2.17. The molecule has 0 saturated carbocycles. The maximum Gasteiger partial charge on any atom is 0.148 e. The van der Waals surface area contributed by atoms with Crippen LogP contribution in [0.15, 0.2) is 0 Å². The molecule has 0 aromatic carbocycles. The molecule has 5 heteroatoms. The van der Waals surface area contributed by atoms with Gasteiger partial charge in [0.2, 0.25) is 0 Å². The molecule has 14 heavy (non-hydrogen) atoms. The van der Waals surface area contributed by atoms with Crippen LogP contribution < -0.4 is 5.32 Å². The smallest absolute Gasteiger partial charge is 0.148 e. The number of hydrogen-bond acceptors (Lipinski definition) is 4. The molecule has 4 nitrogen and oxygen atoms in total. The average Bonchev–Trinajstić information content (AvgIpc) is 2.49. The van der Waals surface area contributed by atoms with Crippen molar-refractivity contribution in [1.82, 2.24) is 5.32 Å². The summed E-state index contributed by atoms with van der Waals surface area (Å²) in [6.45, 7) is 4.40. The van der Waals surface area contributed by atoms with E-state index in [1.165, 1.54) is 6.26 Å². The minimum atomic E-state index is -2.86. The van der Waals surface area contributed by atoms with E-state index in [4.69, 9.17) is 4.74 Å². The van der Waals surface area contributed by atoms with E-state index in [9.17, 15) is 8.42 Å². The van der Waals surface area contributed by atoms with Gasteiger partial charge in [-0.2, -0.15) is 0 Å². The molecule has 0 radical (unpaired) electrons. The van der Waals surface area contributed by atoms with Gasteiger partial charge in [-0.05, 0) is 19.3 Å². The third-order valence-electron chi connectivity index (χ3n) is 2.33. The highest BCUT2D eigenvalue weighted by Gasteiger charge is 2.17. The zero-order valence-electron chi connectivity index (χ0n) is 8.82. The van der Waals surface area contributed by atoms with Crippen molar-refractivity contribution in [2.24, 2.45) is 5.92 Å². The molecule has 0 aromatic rings. The molecule has 1 N–H and O–H groups in total. The van der Waals surface area contributed by atoms with Crippen LogP contribution in [-0.2, 0) is 14.6 Å². The van der Waals surface area contributed by atoms with Gasteiger partial charge in [-0.1, -0.05) is 0 Å². The summed E-state index contributed by atoms with van der Waals surface area (Å²) in [6, 6.07) is 0.0330. The van der Waals surface area contributed by atoms with E-state index in [1.54, 1.807) is 0 Å². The molecule has 1 aliphatic heterocycles. The van der Waals surface area contributed by atoms with Crippen LogP contribution in [0.5, 0.6) is 0 Å². The van der Waals surface area contributed by atoms with Crippen molar-refractivity contribution in [2.45, 2.75) is 19.4 Å². The zero-order chi connectivity index (χ0) is 10.6. The first-order chi connectivity index (χ1) is 6.47. The minimum absolute atomic E-state index is 0.0330. The summed E-state index contributed by atoms with van der Waals surface area (Å²) in [5, 5.41) is 3.22. The lowest BCUT2D eigenvalue weighted by molar-refractivity contribution is 0.185. The van der Waals surface area contributed by atoms with Crippen LogP contribution in [0, 0.1) is 5.92 Å². The molecular formula is C9H19NO3S. The monoisotopic (exact) mass is 221 g/mol. The summed E-state index contributed by atoms with van der Waals surface area (Å²) in [7, 11) is -2.86. The van der Waals surface area contributed by atoms with Crippen LogP contribution in [0.4, 0.5) is 0 Å². The van der Waals surface area contributed by atoms with Gasteiger partial charge in [0.25, 0.3) is 0 Å². The normalized spacial score (nSPS) is 25.1. The molecule has 0 spiro atoms. The predicted molar refractivity (Wildman–Crippen MR) is 56.1 cm³/mol. The van der Waals surface area contributed by atoms with Gasteiger partial charge in [0.05, 0.1) is 12.4 Å². The molecule has 2 atom stereocenters. The van der Waals surface area contributed by atoms with E-state index < -0.39 is 9.84 Å². The fourth-order valence-corrected chi connectivity index (χ4v) is 2.65. The molecule has 0 amide bonds. The molecule has 2 unspecified atom stereocenters. The van der Waals surface area contributed by atoms with Gasteiger partial charge in [0.1, 0.15) is 9.84 Å². The number of rotatable bonds is 5. The first kappa shape index (κ1) is 11.9. The molecule has 0 bridgehead atoms. The standard InChI is InChI=1S/C9H19NO3S/c1-8(7-14(2,11)12)10-5-9-3-4-13-6-9/h8-10H,3-7H2,1-2H3. The first-order valence-corrected chi connectivity index (χ1v) is 7.02. The van der Waals surface area contributed by atoms with E-state index in [0.717, 1.165) is 26.2 Å². The van der Waals surface area contributed by atoms with Gasteiger partial charge in [0, 0.05) is 25.4 Å². The van der Waals surface area contributed by atoms with E-state index in [2.05, 4.69) is 5.32 Å². The molecule has 1 saturated heterocycles. The third-order valence-corrected chi connectivity index (χ3v) is 3.44. The van der Waals surface area contributed by atoms with Crippen molar-refractivity contribution in [1.29, 1.82) is 0 Å². The lowest BCUT2D eigenvalue weighted by Gasteiger charge is -2.15. The molecular weight excluding hydrogens is 202 g/mol. The lowest BCUT2D eigenvalue weighted by atomic mass is 10.1. The molecule has 1 heterocycles. The molecule has 0 aliphatic carbocycles. The number of ether oxygens (including phenoxy) is 1. The van der Waals surface area contributed by atoms with Crippen molar-refractivity contribution in [3.63, 3.8) is 0 Å². The summed E-state index contributed by atoms with van der Waals surface area (Å²) in [4.78, 5) is 0. The van der Waals surface area contributed by atoms with E-state index >= 15 is 0 Å². The fraction of sp³-hybridized carbons (Fsp3) is 1.00. The topological polar surface area (TPSA) is 55.4 Å². The lowest BCUT2D eigenvalue weighted by Crippen LogP contribution is -2.36. The Bertz CT molecular complexity index is 257. The van der Waals surface area contributed by atoms with Gasteiger partial charge in [-0.25, -0.2) is 8.42 Å². The van der Waals surface area contributed by atoms with Crippen molar-refractivity contribution >= 4 is 9.84 Å². The summed E-state index contributed by atoms with van der Waals surface area (Å²) in [6.07, 6.45) is 2.35. The first-order valence-electron chi connectivity index (χ1n) is 4.96. The van der Waals surface area contributed by atoms with Gasteiger partial charge in [0.15, 0.2) is 0 Å². The number of sulfone groups is 1. The van der Waals surface area contributed by atoms with Gasteiger partial charge in [-0.3, -0.25) is 0 Å². The molecule has 1 rings (SSSR count). The highest BCUT2D eigenvalue weighted by atomic mass is 32.2. The van der Waals surface area contributed by atoms with E-state index in [1.807, 2.05) is 6.92 Å². The van der Waals surface area contributed by atoms with Gasteiger partial charge < -0.3 is 10.1 Å². The third kappa shape index (κ3) is 4.93. The van der Waals surface area contributed by atoms with Crippen molar-refractivity contribution in [2.75, 3.05) is 31.8 Å². The zero-order valence-corrected chi connectivity index (χ0v) is 9.64. The second-order valence-corrected chi connectivity index (χ2v) is 6.32. The highest BCUT2D eigenvalue weighted by Crippen LogP contribution is 2.10. The maximum atomic E-state index is 11.0. The largest absolute Gasteiger partial charge is 0.381 e. The Morgan fingerprint density at radius 2 is 2.29 bits per heavy atom. The Kier molecular flexibility index (Phi) is 4.34. The van der Waals surface area contributed by atoms with E-state index in [-0.39, 0.29) is 11.8 Å². The van der Waals surface area contributed by atoms with Crippen LogP contribution >= 0.6 is 0 Å². The summed E-state index contributed by atoms with van der Waals surface area (Å²) in [5.41, 5.74) is 0. The summed E-state index contributed by atoms with van der Waals surface area (Å²) in [5.74, 6) is 0.762. The van der Waals surface area contributed by atoms with Gasteiger partial charge in [-0.15, -0.1) is 0 Å². The number of nitrogens with one attached hydrogen (secondary N) is 1. The van der Waals surface area contributed by atoms with Crippen LogP contribution in [-0.4, -0.2) is 46.2 Å². The summed E-state index contributed by atoms with van der Waals surface area (Å²) >= 11 is 0. The fourth-order valence-electron chi connectivity index (χ4n) is 1.63. The van der Waals surface area contributed by atoms with E-state index in [0.29, 0.717) is 5.92 Å². The quantitative estimate of drug-likeness (QED) is 0.712. The van der Waals surface area contributed by atoms with Crippen LogP contribution in [0.1, 0.15) is 13.3 Å². The van der Waals surface area contributed by atoms with Crippen LogP contribution in [0.3, 0.4) is 0 Å². The molecule has 1 fully saturated rings.